The first kappa shape index (κ1) is 25.0. The number of Topliss-reactive ketones (excluding diaryl/α,β-unsaturated/α-hetero) is 1. The first-order chi connectivity index (χ1) is 12.1. The van der Waals surface area contributed by atoms with Gasteiger partial charge in [0.15, 0.2) is 0 Å². The number of halogens is 1. The highest BCUT2D eigenvalue weighted by Gasteiger charge is 2.30. The number of nitrogens with one attached hydrogen (secondary N) is 2. The molecule has 2 amide bonds. The molecule has 1 rings (SSSR count). The lowest BCUT2D eigenvalue weighted by Gasteiger charge is -2.23. The topological polar surface area (TPSA) is 111 Å². The Kier molecular flexibility index (Phi) is 10.8. The second kappa shape index (κ2) is 11.7. The molecular weight excluding hydrogens is 370 g/mol. The van der Waals surface area contributed by atoms with Crippen molar-refractivity contribution < 1.29 is 19.1 Å². The molecule has 1 aromatic carbocycles. The molecule has 0 aliphatic rings. The van der Waals surface area contributed by atoms with Crippen LogP contribution in [0.3, 0.4) is 0 Å². The Morgan fingerprint density at radius 3 is 2.26 bits per heavy atom. The first-order valence-electron chi connectivity index (χ1n) is 8.59. The monoisotopic (exact) mass is 399 g/mol. The van der Waals surface area contributed by atoms with Crippen LogP contribution in [0.4, 0.5) is 0 Å². The lowest BCUT2D eigenvalue weighted by Crippen LogP contribution is -2.55. The molecule has 0 unspecified atom stereocenters. The molecule has 1 aromatic rings. The Balaban J connectivity index is 0.00000676. The van der Waals surface area contributed by atoms with Crippen LogP contribution < -0.4 is 16.4 Å². The van der Waals surface area contributed by atoms with Gasteiger partial charge in [0.2, 0.25) is 11.7 Å². The minimum Gasteiger partial charge on any atom is -0.385 e. The lowest BCUT2D eigenvalue weighted by atomic mass is 10.00. The molecule has 0 radical (unpaired) electrons. The van der Waals surface area contributed by atoms with Gasteiger partial charge in [-0.1, -0.05) is 30.3 Å². The van der Waals surface area contributed by atoms with E-state index in [1.54, 1.807) is 20.8 Å². The van der Waals surface area contributed by atoms with Crippen molar-refractivity contribution in [2.75, 3.05) is 13.7 Å². The second-order valence-electron chi connectivity index (χ2n) is 7.21. The minimum atomic E-state index is -0.985. The van der Waals surface area contributed by atoms with Crippen molar-refractivity contribution >= 4 is 30.0 Å². The number of ketones is 1. The number of carbonyl (C=O) groups excluding carboxylic acids is 3. The summed E-state index contributed by atoms with van der Waals surface area (Å²) >= 11 is 0. The van der Waals surface area contributed by atoms with Crippen LogP contribution in [0, 0.1) is 0 Å². The standard InChI is InChI=1S/C19H29N3O4.ClH/c1-19(2,3)22-18(25)16(23)15(12-13-8-6-5-7-9-13)21-17(24)14(20)10-11-26-4;/h5-9,14-15H,10-12,20H2,1-4H3,(H,21,24)(H,22,25);1H/t14-,15-;/m0./s1. The molecule has 8 heteroatoms. The predicted octanol–water partition coefficient (Wildman–Crippen LogP) is 0.983. The molecule has 0 heterocycles. The van der Waals surface area contributed by atoms with Crippen LogP contribution in [0.25, 0.3) is 0 Å². The molecule has 4 N–H and O–H groups in total. The lowest BCUT2D eigenvalue weighted by molar-refractivity contribution is -0.141. The van der Waals surface area contributed by atoms with Gasteiger partial charge in [-0.15, -0.1) is 12.4 Å². The number of hydrogen-bond donors (Lipinski definition) is 3. The zero-order chi connectivity index (χ0) is 19.7. The van der Waals surface area contributed by atoms with Crippen LogP contribution in [0.2, 0.25) is 0 Å². The first-order valence-corrected chi connectivity index (χ1v) is 8.59. The number of methoxy groups -OCH3 is 1. The summed E-state index contributed by atoms with van der Waals surface area (Å²) in [5.41, 5.74) is 6.10. The summed E-state index contributed by atoms with van der Waals surface area (Å²) in [6.45, 7) is 5.67. The number of nitrogens with two attached hydrogens (primary N) is 1. The smallest absolute Gasteiger partial charge is 0.290 e. The van der Waals surface area contributed by atoms with Crippen molar-refractivity contribution in [1.82, 2.24) is 10.6 Å². The summed E-state index contributed by atoms with van der Waals surface area (Å²) in [5, 5.41) is 5.24. The Morgan fingerprint density at radius 2 is 1.74 bits per heavy atom. The summed E-state index contributed by atoms with van der Waals surface area (Å²) in [4.78, 5) is 37.1. The Morgan fingerprint density at radius 1 is 1.15 bits per heavy atom. The van der Waals surface area contributed by atoms with Crippen molar-refractivity contribution in [1.29, 1.82) is 0 Å². The molecule has 0 saturated heterocycles. The van der Waals surface area contributed by atoms with Gasteiger partial charge in [0.25, 0.3) is 5.91 Å². The number of amides is 2. The van der Waals surface area contributed by atoms with Gasteiger partial charge in [-0.05, 0) is 32.8 Å². The normalized spacial score (nSPS) is 13.1. The molecule has 7 nitrogen and oxygen atoms in total. The molecule has 27 heavy (non-hydrogen) atoms. The summed E-state index contributed by atoms with van der Waals surface area (Å²) in [7, 11) is 1.52. The molecule has 0 saturated carbocycles. The third-order valence-corrected chi connectivity index (χ3v) is 3.60. The van der Waals surface area contributed by atoms with Gasteiger partial charge in [0, 0.05) is 25.7 Å². The van der Waals surface area contributed by atoms with E-state index in [4.69, 9.17) is 10.5 Å². The van der Waals surface area contributed by atoms with Crippen LogP contribution in [0.1, 0.15) is 32.8 Å². The average Bonchev–Trinajstić information content (AvgIpc) is 2.57. The van der Waals surface area contributed by atoms with E-state index in [1.165, 1.54) is 7.11 Å². The molecule has 0 aliphatic heterocycles. The fourth-order valence-corrected chi connectivity index (χ4v) is 2.27. The Labute approximate surface area is 166 Å². The second-order valence-corrected chi connectivity index (χ2v) is 7.21. The van der Waals surface area contributed by atoms with Gasteiger partial charge in [0.05, 0.1) is 6.04 Å². The van der Waals surface area contributed by atoms with Crippen molar-refractivity contribution in [3.05, 3.63) is 35.9 Å². The van der Waals surface area contributed by atoms with Crippen LogP contribution in [0.15, 0.2) is 30.3 Å². The van der Waals surface area contributed by atoms with Crippen molar-refractivity contribution in [3.8, 4) is 0 Å². The summed E-state index contributed by atoms with van der Waals surface area (Å²) in [5.74, 6) is -1.92. The van der Waals surface area contributed by atoms with Gasteiger partial charge in [-0.3, -0.25) is 14.4 Å². The number of hydrogen-bond acceptors (Lipinski definition) is 5. The molecule has 0 aliphatic carbocycles. The van der Waals surface area contributed by atoms with Gasteiger partial charge in [-0.25, -0.2) is 0 Å². The fourth-order valence-electron chi connectivity index (χ4n) is 2.27. The Bertz CT molecular complexity index is 617. The largest absolute Gasteiger partial charge is 0.385 e. The highest BCUT2D eigenvalue weighted by Crippen LogP contribution is 2.07. The van der Waals surface area contributed by atoms with Crippen LogP contribution in [-0.4, -0.2) is 48.9 Å². The van der Waals surface area contributed by atoms with Crippen molar-refractivity contribution in [3.63, 3.8) is 0 Å². The van der Waals surface area contributed by atoms with E-state index < -0.39 is 35.2 Å². The van der Waals surface area contributed by atoms with Gasteiger partial charge >= 0.3 is 0 Å². The van der Waals surface area contributed by atoms with Gasteiger partial charge in [-0.2, -0.15) is 0 Å². The maximum atomic E-state index is 12.6. The maximum Gasteiger partial charge on any atom is 0.290 e. The van der Waals surface area contributed by atoms with Crippen LogP contribution in [-0.2, 0) is 25.5 Å². The number of carbonyl (C=O) groups is 3. The Hall–Kier alpha value is -1.96. The summed E-state index contributed by atoms with van der Waals surface area (Å²) in [6.07, 6.45) is 0.530. The molecule has 2 atom stereocenters. The zero-order valence-electron chi connectivity index (χ0n) is 16.3. The number of benzene rings is 1. The SMILES string of the molecule is COCC[C@H](N)C(=O)N[C@@H](Cc1ccccc1)C(=O)C(=O)NC(C)(C)C.Cl. The molecular formula is C19H30ClN3O4. The van der Waals surface area contributed by atoms with Crippen molar-refractivity contribution in [2.24, 2.45) is 5.73 Å². The maximum absolute atomic E-state index is 12.6. The van der Waals surface area contributed by atoms with E-state index >= 15 is 0 Å². The molecule has 152 valence electrons. The van der Waals surface area contributed by atoms with Gasteiger partial charge in [0.1, 0.15) is 6.04 Å². The highest BCUT2D eigenvalue weighted by molar-refractivity contribution is 6.38. The zero-order valence-corrected chi connectivity index (χ0v) is 17.1. The van der Waals surface area contributed by atoms with Gasteiger partial charge < -0.3 is 21.1 Å². The van der Waals surface area contributed by atoms with E-state index in [9.17, 15) is 14.4 Å². The third-order valence-electron chi connectivity index (χ3n) is 3.60. The molecule has 0 fully saturated rings. The number of rotatable bonds is 9. The number of ether oxygens (including phenoxy) is 1. The molecule has 0 bridgehead atoms. The molecule has 0 aromatic heterocycles. The minimum absolute atomic E-state index is 0. The van der Waals surface area contributed by atoms with E-state index in [0.717, 1.165) is 5.56 Å². The molecule has 0 spiro atoms. The van der Waals surface area contributed by atoms with Crippen LogP contribution >= 0.6 is 12.4 Å². The van der Waals surface area contributed by atoms with E-state index in [2.05, 4.69) is 10.6 Å². The quantitative estimate of drug-likeness (QED) is 0.536. The van der Waals surface area contributed by atoms with Crippen LogP contribution in [0.5, 0.6) is 0 Å². The van der Waals surface area contributed by atoms with Crippen molar-refractivity contribution in [2.45, 2.75) is 51.2 Å². The van der Waals surface area contributed by atoms with E-state index in [-0.39, 0.29) is 18.8 Å². The van der Waals surface area contributed by atoms with E-state index in [0.29, 0.717) is 13.0 Å². The predicted molar refractivity (Wildman–Crippen MR) is 107 cm³/mol. The van der Waals surface area contributed by atoms with E-state index in [1.807, 2.05) is 30.3 Å². The fraction of sp³-hybridized carbons (Fsp3) is 0.526. The average molecular weight is 400 g/mol. The summed E-state index contributed by atoms with van der Waals surface area (Å²) in [6, 6.07) is 7.38. The highest BCUT2D eigenvalue weighted by atomic mass is 35.5. The summed E-state index contributed by atoms with van der Waals surface area (Å²) < 4.78 is 4.91. The third kappa shape index (κ3) is 9.51.